The van der Waals surface area contributed by atoms with Crippen molar-refractivity contribution in [3.8, 4) is 0 Å². The van der Waals surface area contributed by atoms with Crippen molar-refractivity contribution in [1.29, 1.82) is 0 Å². The molecular formula is C12H12ClFO3S. The van der Waals surface area contributed by atoms with Crippen LogP contribution >= 0.6 is 11.6 Å². The number of carbonyl (C=O) groups excluding carboxylic acids is 1. The molecule has 1 aromatic rings. The van der Waals surface area contributed by atoms with Crippen LogP contribution in [-0.2, 0) is 21.1 Å². The number of hydrogen-bond acceptors (Lipinski definition) is 3. The fourth-order valence-corrected chi connectivity index (χ4v) is 4.06. The zero-order chi connectivity index (χ0) is 13.3. The first-order chi connectivity index (χ1) is 8.37. The molecule has 0 saturated carbocycles. The van der Waals surface area contributed by atoms with E-state index < -0.39 is 21.6 Å². The molecule has 18 heavy (non-hydrogen) atoms. The van der Waals surface area contributed by atoms with Crippen LogP contribution in [0.15, 0.2) is 18.2 Å². The molecule has 0 spiro atoms. The largest absolute Gasteiger partial charge is 0.299 e. The SMILES string of the molecule is O=C(Cc1ccc(F)cc1Cl)C1CCS(=O)(=O)C1. The zero-order valence-electron chi connectivity index (χ0n) is 9.53. The molecule has 1 aliphatic heterocycles. The standard InChI is InChI=1S/C12H12ClFO3S/c13-11-6-10(14)2-1-8(11)5-12(15)9-3-4-18(16,17)7-9/h1-2,6,9H,3-5,7H2. The molecule has 1 aromatic carbocycles. The Labute approximate surface area is 110 Å². The van der Waals surface area contributed by atoms with Crippen molar-refractivity contribution in [2.45, 2.75) is 12.8 Å². The molecule has 1 atom stereocenters. The van der Waals surface area contributed by atoms with Gasteiger partial charge in [-0.25, -0.2) is 12.8 Å². The summed E-state index contributed by atoms with van der Waals surface area (Å²) in [5.41, 5.74) is 0.535. The lowest BCUT2D eigenvalue weighted by molar-refractivity contribution is -0.121. The van der Waals surface area contributed by atoms with Crippen molar-refractivity contribution in [3.63, 3.8) is 0 Å². The third-order valence-corrected chi connectivity index (χ3v) is 5.19. The summed E-state index contributed by atoms with van der Waals surface area (Å²) in [5, 5.41) is 0.198. The number of hydrogen-bond donors (Lipinski definition) is 0. The summed E-state index contributed by atoms with van der Waals surface area (Å²) in [7, 11) is -3.06. The minimum Gasteiger partial charge on any atom is -0.299 e. The molecule has 1 heterocycles. The fraction of sp³-hybridized carbons (Fsp3) is 0.417. The molecule has 3 nitrogen and oxygen atoms in total. The minimum atomic E-state index is -3.06. The number of benzene rings is 1. The number of Topliss-reactive ketones (excluding diaryl/α,β-unsaturated/α-hetero) is 1. The highest BCUT2D eigenvalue weighted by atomic mass is 35.5. The van der Waals surface area contributed by atoms with Gasteiger partial charge in [-0.15, -0.1) is 0 Å². The van der Waals surface area contributed by atoms with Gasteiger partial charge in [0.1, 0.15) is 11.6 Å². The maximum absolute atomic E-state index is 12.8. The van der Waals surface area contributed by atoms with Crippen molar-refractivity contribution < 1.29 is 17.6 Å². The molecule has 2 rings (SSSR count). The zero-order valence-corrected chi connectivity index (χ0v) is 11.1. The second-order valence-electron chi connectivity index (χ2n) is 4.48. The predicted molar refractivity (Wildman–Crippen MR) is 66.9 cm³/mol. The highest BCUT2D eigenvalue weighted by Crippen LogP contribution is 2.23. The molecule has 1 aliphatic rings. The Morgan fingerprint density at radius 1 is 1.44 bits per heavy atom. The van der Waals surface area contributed by atoms with E-state index in [1.807, 2.05) is 0 Å². The molecule has 0 N–H and O–H groups in total. The monoisotopic (exact) mass is 290 g/mol. The predicted octanol–water partition coefficient (Wildman–Crippen LogP) is 2.03. The topological polar surface area (TPSA) is 51.2 Å². The Kier molecular flexibility index (Phi) is 3.73. The highest BCUT2D eigenvalue weighted by molar-refractivity contribution is 7.91. The van der Waals surface area contributed by atoms with Crippen LogP contribution < -0.4 is 0 Å². The van der Waals surface area contributed by atoms with Crippen LogP contribution in [0.1, 0.15) is 12.0 Å². The molecule has 0 aromatic heterocycles. The third-order valence-electron chi connectivity index (χ3n) is 3.07. The van der Waals surface area contributed by atoms with Gasteiger partial charge in [-0.05, 0) is 24.1 Å². The Hall–Kier alpha value is -0.940. The molecule has 6 heteroatoms. The van der Waals surface area contributed by atoms with Crippen LogP contribution in [0.2, 0.25) is 5.02 Å². The summed E-state index contributed by atoms with van der Waals surface area (Å²) >= 11 is 5.83. The van der Waals surface area contributed by atoms with Gasteiger partial charge in [0.15, 0.2) is 9.84 Å². The van der Waals surface area contributed by atoms with Crippen molar-refractivity contribution in [2.24, 2.45) is 5.92 Å². The van der Waals surface area contributed by atoms with E-state index >= 15 is 0 Å². The van der Waals surface area contributed by atoms with Gasteiger partial charge in [-0.3, -0.25) is 4.79 Å². The van der Waals surface area contributed by atoms with E-state index in [-0.39, 0.29) is 28.7 Å². The molecule has 98 valence electrons. The van der Waals surface area contributed by atoms with Crippen LogP contribution in [0.3, 0.4) is 0 Å². The summed E-state index contributed by atoms with van der Waals surface area (Å²) < 4.78 is 35.4. The summed E-state index contributed by atoms with van der Waals surface area (Å²) in [4.78, 5) is 11.9. The molecule has 0 radical (unpaired) electrons. The lowest BCUT2D eigenvalue weighted by atomic mass is 9.97. The van der Waals surface area contributed by atoms with Gasteiger partial charge in [-0.2, -0.15) is 0 Å². The summed E-state index contributed by atoms with van der Waals surface area (Å²) in [5.74, 6) is -1.06. The van der Waals surface area contributed by atoms with Gasteiger partial charge in [-0.1, -0.05) is 17.7 Å². The molecule has 1 fully saturated rings. The summed E-state index contributed by atoms with van der Waals surface area (Å²) in [6, 6.07) is 3.84. The first kappa shape index (κ1) is 13.5. The molecule has 0 amide bonds. The van der Waals surface area contributed by atoms with Gasteiger partial charge in [0, 0.05) is 17.4 Å². The molecular weight excluding hydrogens is 279 g/mol. The van der Waals surface area contributed by atoms with Crippen molar-refractivity contribution in [3.05, 3.63) is 34.6 Å². The molecule has 1 unspecified atom stereocenters. The van der Waals surface area contributed by atoms with Gasteiger partial charge in [0.25, 0.3) is 0 Å². The van der Waals surface area contributed by atoms with Crippen molar-refractivity contribution >= 4 is 27.2 Å². The van der Waals surface area contributed by atoms with E-state index in [0.29, 0.717) is 12.0 Å². The van der Waals surface area contributed by atoms with Crippen LogP contribution in [0, 0.1) is 11.7 Å². The molecule has 0 bridgehead atoms. The van der Waals surface area contributed by atoms with Crippen molar-refractivity contribution in [2.75, 3.05) is 11.5 Å². The number of carbonyl (C=O) groups is 1. The summed E-state index contributed by atoms with van der Waals surface area (Å²) in [6.45, 7) is 0. The Bertz CT molecular complexity index is 583. The Balaban J connectivity index is 2.08. The van der Waals surface area contributed by atoms with Crippen LogP contribution in [0.4, 0.5) is 4.39 Å². The number of sulfone groups is 1. The first-order valence-corrected chi connectivity index (χ1v) is 7.74. The second kappa shape index (κ2) is 4.97. The maximum Gasteiger partial charge on any atom is 0.151 e. The lowest BCUT2D eigenvalue weighted by Crippen LogP contribution is -2.18. The van der Waals surface area contributed by atoms with E-state index in [0.717, 1.165) is 6.07 Å². The van der Waals surface area contributed by atoms with E-state index in [4.69, 9.17) is 11.6 Å². The normalized spacial score (nSPS) is 22.0. The van der Waals surface area contributed by atoms with E-state index in [1.54, 1.807) is 0 Å². The Morgan fingerprint density at radius 3 is 2.72 bits per heavy atom. The smallest absolute Gasteiger partial charge is 0.151 e. The average Bonchev–Trinajstić information content (AvgIpc) is 2.63. The van der Waals surface area contributed by atoms with Gasteiger partial charge >= 0.3 is 0 Å². The molecule has 1 saturated heterocycles. The van der Waals surface area contributed by atoms with Crippen LogP contribution in [0.5, 0.6) is 0 Å². The van der Waals surface area contributed by atoms with Gasteiger partial charge in [0.05, 0.1) is 11.5 Å². The van der Waals surface area contributed by atoms with E-state index in [9.17, 15) is 17.6 Å². The lowest BCUT2D eigenvalue weighted by Gasteiger charge is -2.08. The fourth-order valence-electron chi connectivity index (χ4n) is 2.05. The third kappa shape index (κ3) is 3.09. The number of ketones is 1. The van der Waals surface area contributed by atoms with Crippen LogP contribution in [-0.4, -0.2) is 25.7 Å². The second-order valence-corrected chi connectivity index (χ2v) is 7.11. The quantitative estimate of drug-likeness (QED) is 0.856. The minimum absolute atomic E-state index is 0.0549. The Morgan fingerprint density at radius 2 is 2.17 bits per heavy atom. The van der Waals surface area contributed by atoms with E-state index in [2.05, 4.69) is 0 Å². The first-order valence-electron chi connectivity index (χ1n) is 5.54. The molecule has 0 aliphatic carbocycles. The van der Waals surface area contributed by atoms with Crippen molar-refractivity contribution in [1.82, 2.24) is 0 Å². The maximum atomic E-state index is 12.8. The average molecular weight is 291 g/mol. The van der Waals surface area contributed by atoms with Gasteiger partial charge < -0.3 is 0 Å². The summed E-state index contributed by atoms with van der Waals surface area (Å²) in [6.07, 6.45) is 0.430. The highest BCUT2D eigenvalue weighted by Gasteiger charge is 2.32. The van der Waals surface area contributed by atoms with Crippen LogP contribution in [0.25, 0.3) is 0 Å². The number of halogens is 2. The van der Waals surface area contributed by atoms with Gasteiger partial charge in [0.2, 0.25) is 0 Å². The van der Waals surface area contributed by atoms with E-state index in [1.165, 1.54) is 12.1 Å². The number of rotatable bonds is 3.